The maximum Gasteiger partial charge on any atom is 0.300 e. The lowest BCUT2D eigenvalue weighted by molar-refractivity contribution is -0.132. The van der Waals surface area contributed by atoms with Gasteiger partial charge in [0.25, 0.3) is 11.7 Å². The third kappa shape index (κ3) is 3.26. The van der Waals surface area contributed by atoms with E-state index in [2.05, 4.69) is 4.98 Å². The first-order valence-corrected chi connectivity index (χ1v) is 9.43. The number of aromatic nitrogens is 1. The number of anilines is 1. The Kier molecular flexibility index (Phi) is 4.91. The number of amides is 1. The Bertz CT molecular complexity index is 1170. The Morgan fingerprint density at radius 2 is 1.77 bits per heavy atom. The topological polar surface area (TPSA) is 70.5 Å². The summed E-state index contributed by atoms with van der Waals surface area (Å²) in [7, 11) is 0. The molecule has 0 bridgehead atoms. The molecule has 4 rings (SSSR count). The van der Waals surface area contributed by atoms with E-state index in [4.69, 9.17) is 0 Å². The first kappa shape index (κ1) is 19.5. The zero-order valence-corrected chi connectivity index (χ0v) is 16.5. The monoisotopic (exact) mass is 402 g/mol. The number of aliphatic hydroxyl groups is 1. The van der Waals surface area contributed by atoms with Gasteiger partial charge in [0.05, 0.1) is 11.3 Å². The van der Waals surface area contributed by atoms with Gasteiger partial charge in [-0.15, -0.1) is 0 Å². The number of nitrogens with zero attached hydrogens (tertiary/aromatic N) is 2. The summed E-state index contributed by atoms with van der Waals surface area (Å²) in [4.78, 5) is 31.8. The number of carbonyl (C=O) groups is 2. The summed E-state index contributed by atoms with van der Waals surface area (Å²) in [6, 6.07) is 14.9. The number of carbonyl (C=O) groups excluding carboxylic acids is 2. The van der Waals surface area contributed by atoms with Crippen LogP contribution in [-0.4, -0.2) is 21.8 Å². The molecule has 6 heteroatoms. The summed E-state index contributed by atoms with van der Waals surface area (Å²) in [6.07, 6.45) is 1.56. The standard InChI is InChI=1S/C24H19FN2O3/c1-14-6-11-19(15(2)13-14)27-21(18-5-3-4-12-26-18)20(23(29)24(27)30)22(28)16-7-9-17(25)10-8-16/h3-13,21,28H,1-2H3/b22-20+. The third-order valence-corrected chi connectivity index (χ3v) is 5.14. The van der Waals surface area contributed by atoms with Gasteiger partial charge >= 0.3 is 0 Å². The fourth-order valence-corrected chi connectivity index (χ4v) is 3.74. The van der Waals surface area contributed by atoms with E-state index < -0.39 is 23.5 Å². The zero-order valence-electron chi connectivity index (χ0n) is 16.5. The Morgan fingerprint density at radius 3 is 2.40 bits per heavy atom. The van der Waals surface area contributed by atoms with Gasteiger partial charge in [0.2, 0.25) is 0 Å². The van der Waals surface area contributed by atoms with Crippen LogP contribution in [-0.2, 0) is 9.59 Å². The van der Waals surface area contributed by atoms with Crippen molar-refractivity contribution in [2.75, 3.05) is 4.90 Å². The highest BCUT2D eigenvalue weighted by atomic mass is 19.1. The molecule has 2 heterocycles. The minimum atomic E-state index is -0.905. The minimum Gasteiger partial charge on any atom is -0.507 e. The quantitative estimate of drug-likeness (QED) is 0.399. The van der Waals surface area contributed by atoms with Crippen LogP contribution in [0.5, 0.6) is 0 Å². The number of hydrogen-bond acceptors (Lipinski definition) is 4. The molecule has 1 fully saturated rings. The van der Waals surface area contributed by atoms with Gasteiger partial charge in [-0.25, -0.2) is 4.39 Å². The number of ketones is 1. The van der Waals surface area contributed by atoms with Gasteiger partial charge in [-0.1, -0.05) is 23.8 Å². The van der Waals surface area contributed by atoms with Crippen LogP contribution in [0.1, 0.15) is 28.4 Å². The summed E-state index contributed by atoms with van der Waals surface area (Å²) in [5.41, 5.74) is 3.02. The third-order valence-electron chi connectivity index (χ3n) is 5.14. The van der Waals surface area contributed by atoms with Crippen molar-refractivity contribution in [3.63, 3.8) is 0 Å². The highest BCUT2D eigenvalue weighted by Crippen LogP contribution is 2.42. The first-order chi connectivity index (χ1) is 14.4. The minimum absolute atomic E-state index is 0.0784. The van der Waals surface area contributed by atoms with Crippen LogP contribution < -0.4 is 4.90 Å². The highest BCUT2D eigenvalue weighted by Gasteiger charge is 2.47. The van der Waals surface area contributed by atoms with E-state index in [-0.39, 0.29) is 16.9 Å². The van der Waals surface area contributed by atoms with Crippen LogP contribution in [0.2, 0.25) is 0 Å². The number of Topliss-reactive ketones (excluding diaryl/α,β-unsaturated/α-hetero) is 1. The predicted molar refractivity (Wildman–Crippen MR) is 111 cm³/mol. The van der Waals surface area contributed by atoms with Crippen LogP contribution in [0.3, 0.4) is 0 Å². The number of aliphatic hydroxyl groups excluding tert-OH is 1. The van der Waals surface area contributed by atoms with Crippen molar-refractivity contribution >= 4 is 23.1 Å². The van der Waals surface area contributed by atoms with Crippen LogP contribution in [0, 0.1) is 19.7 Å². The van der Waals surface area contributed by atoms with Crippen molar-refractivity contribution in [1.29, 1.82) is 0 Å². The van der Waals surface area contributed by atoms with E-state index in [1.165, 1.54) is 29.2 Å². The molecule has 1 N–H and O–H groups in total. The number of rotatable bonds is 3. The van der Waals surface area contributed by atoms with E-state index in [1.807, 2.05) is 26.0 Å². The molecule has 150 valence electrons. The molecule has 1 aromatic heterocycles. The molecule has 1 saturated heterocycles. The fourth-order valence-electron chi connectivity index (χ4n) is 3.74. The lowest BCUT2D eigenvalue weighted by atomic mass is 9.98. The first-order valence-electron chi connectivity index (χ1n) is 9.43. The molecule has 0 saturated carbocycles. The van der Waals surface area contributed by atoms with Crippen LogP contribution in [0.25, 0.3) is 5.76 Å². The molecular weight excluding hydrogens is 383 g/mol. The van der Waals surface area contributed by atoms with Crippen molar-refractivity contribution in [3.05, 3.63) is 101 Å². The van der Waals surface area contributed by atoms with Crippen molar-refractivity contribution in [3.8, 4) is 0 Å². The zero-order chi connectivity index (χ0) is 21.4. The molecule has 1 aliphatic heterocycles. The summed E-state index contributed by atoms with van der Waals surface area (Å²) in [5.74, 6) is -2.39. The Labute approximate surface area is 173 Å². The average molecular weight is 402 g/mol. The van der Waals surface area contributed by atoms with Crippen molar-refractivity contribution in [2.45, 2.75) is 19.9 Å². The van der Waals surface area contributed by atoms with E-state index in [0.717, 1.165) is 11.1 Å². The number of aryl methyl sites for hydroxylation is 2. The number of halogens is 1. The number of hydrogen-bond donors (Lipinski definition) is 1. The predicted octanol–water partition coefficient (Wildman–Crippen LogP) is 4.46. The fraction of sp³-hybridized carbons (Fsp3) is 0.125. The molecule has 3 aromatic rings. The second kappa shape index (κ2) is 7.55. The van der Waals surface area contributed by atoms with Crippen molar-refractivity contribution in [2.24, 2.45) is 0 Å². The maximum atomic E-state index is 13.3. The molecule has 0 aliphatic carbocycles. The largest absolute Gasteiger partial charge is 0.507 e. The Morgan fingerprint density at radius 1 is 1.03 bits per heavy atom. The average Bonchev–Trinajstić information content (AvgIpc) is 3.00. The van der Waals surface area contributed by atoms with E-state index in [9.17, 15) is 19.1 Å². The Hall–Kier alpha value is -3.80. The number of pyridine rings is 1. The normalized spacial score (nSPS) is 18.1. The van der Waals surface area contributed by atoms with E-state index >= 15 is 0 Å². The Balaban J connectivity index is 1.96. The molecule has 30 heavy (non-hydrogen) atoms. The molecular formula is C24H19FN2O3. The van der Waals surface area contributed by atoms with Crippen LogP contribution >= 0.6 is 0 Å². The second-order valence-electron chi connectivity index (χ2n) is 7.22. The van der Waals surface area contributed by atoms with Gasteiger partial charge in [0.1, 0.15) is 17.6 Å². The lowest BCUT2D eigenvalue weighted by Gasteiger charge is -2.26. The van der Waals surface area contributed by atoms with Crippen molar-refractivity contribution < 1.29 is 19.1 Å². The molecule has 0 spiro atoms. The smallest absolute Gasteiger partial charge is 0.300 e. The summed E-state index contributed by atoms with van der Waals surface area (Å²) >= 11 is 0. The van der Waals surface area contributed by atoms with E-state index in [1.54, 1.807) is 30.5 Å². The maximum absolute atomic E-state index is 13.3. The molecule has 1 amide bonds. The van der Waals surface area contributed by atoms with Crippen molar-refractivity contribution in [1.82, 2.24) is 4.98 Å². The van der Waals surface area contributed by atoms with Gasteiger partial charge in [-0.3, -0.25) is 19.5 Å². The van der Waals surface area contributed by atoms with Gasteiger partial charge in [0, 0.05) is 17.4 Å². The van der Waals surface area contributed by atoms with E-state index in [0.29, 0.717) is 11.4 Å². The number of benzene rings is 2. The summed E-state index contributed by atoms with van der Waals surface area (Å²) < 4.78 is 13.3. The SMILES string of the molecule is Cc1ccc(N2C(=O)C(=O)/C(=C(/O)c3ccc(F)cc3)C2c2ccccn2)c(C)c1. The van der Waals surface area contributed by atoms with Crippen LogP contribution in [0.15, 0.2) is 72.4 Å². The molecule has 1 unspecified atom stereocenters. The molecule has 1 atom stereocenters. The van der Waals surface area contributed by atoms with Gasteiger partial charge in [-0.2, -0.15) is 0 Å². The highest BCUT2D eigenvalue weighted by molar-refractivity contribution is 6.51. The molecule has 5 nitrogen and oxygen atoms in total. The molecule has 2 aromatic carbocycles. The van der Waals surface area contributed by atoms with Gasteiger partial charge in [-0.05, 0) is 61.9 Å². The van der Waals surface area contributed by atoms with Gasteiger partial charge < -0.3 is 5.11 Å². The molecule has 1 aliphatic rings. The van der Waals surface area contributed by atoms with Crippen LogP contribution in [0.4, 0.5) is 10.1 Å². The summed E-state index contributed by atoms with van der Waals surface area (Å²) in [6.45, 7) is 3.80. The molecule has 0 radical (unpaired) electrons. The second-order valence-corrected chi connectivity index (χ2v) is 7.22. The lowest BCUT2D eigenvalue weighted by Crippen LogP contribution is -2.30. The summed E-state index contributed by atoms with van der Waals surface area (Å²) in [5, 5.41) is 10.9. The van der Waals surface area contributed by atoms with Gasteiger partial charge in [0.15, 0.2) is 0 Å².